The van der Waals surface area contributed by atoms with Gasteiger partial charge in [0.2, 0.25) is 0 Å². The molecule has 1 saturated carbocycles. The molecule has 1 heterocycles. The zero-order chi connectivity index (χ0) is 11.5. The van der Waals surface area contributed by atoms with Gasteiger partial charge in [0.05, 0.1) is 15.7 Å². The van der Waals surface area contributed by atoms with E-state index in [0.717, 1.165) is 24.6 Å². The SMILES string of the molecule is CCNC(Cc1ncc(Cl)cc1Cl)C1CC1. The van der Waals surface area contributed by atoms with Crippen molar-refractivity contribution in [1.82, 2.24) is 10.3 Å². The second kappa shape index (κ2) is 5.35. The van der Waals surface area contributed by atoms with Crippen LogP contribution >= 0.6 is 23.2 Å². The van der Waals surface area contributed by atoms with E-state index in [1.807, 2.05) is 0 Å². The highest BCUT2D eigenvalue weighted by Gasteiger charge is 2.31. The van der Waals surface area contributed by atoms with E-state index >= 15 is 0 Å². The standard InChI is InChI=1S/C12H16Cl2N2/c1-2-15-11(8-3-4-8)6-12-10(14)5-9(13)7-16-12/h5,7-8,11,15H,2-4,6H2,1H3. The maximum Gasteiger partial charge on any atom is 0.0636 e. The minimum atomic E-state index is 0.510. The Morgan fingerprint density at radius 2 is 2.25 bits per heavy atom. The zero-order valence-corrected chi connectivity index (χ0v) is 10.9. The van der Waals surface area contributed by atoms with E-state index in [1.165, 1.54) is 12.8 Å². The predicted molar refractivity (Wildman–Crippen MR) is 68.1 cm³/mol. The Hall–Kier alpha value is -0.310. The third kappa shape index (κ3) is 3.09. The van der Waals surface area contributed by atoms with Gasteiger partial charge in [-0.2, -0.15) is 0 Å². The first-order valence-electron chi connectivity index (χ1n) is 5.74. The molecule has 1 aromatic rings. The average molecular weight is 259 g/mol. The van der Waals surface area contributed by atoms with Crippen LogP contribution in [0.2, 0.25) is 10.0 Å². The Morgan fingerprint density at radius 1 is 1.50 bits per heavy atom. The molecule has 4 heteroatoms. The summed E-state index contributed by atoms with van der Waals surface area (Å²) in [6, 6.07) is 2.28. The number of hydrogen-bond donors (Lipinski definition) is 1. The molecular formula is C12H16Cl2N2. The summed E-state index contributed by atoms with van der Waals surface area (Å²) in [4.78, 5) is 4.31. The number of nitrogens with one attached hydrogen (secondary N) is 1. The number of aromatic nitrogens is 1. The fraction of sp³-hybridized carbons (Fsp3) is 0.583. The van der Waals surface area contributed by atoms with Gasteiger partial charge in [-0.05, 0) is 31.4 Å². The molecule has 0 spiro atoms. The lowest BCUT2D eigenvalue weighted by atomic mass is 10.1. The summed E-state index contributed by atoms with van der Waals surface area (Å²) in [7, 11) is 0. The van der Waals surface area contributed by atoms with Crippen LogP contribution in [-0.2, 0) is 6.42 Å². The summed E-state index contributed by atoms with van der Waals surface area (Å²) < 4.78 is 0. The van der Waals surface area contributed by atoms with E-state index in [0.29, 0.717) is 16.1 Å². The van der Waals surface area contributed by atoms with E-state index in [2.05, 4.69) is 17.2 Å². The van der Waals surface area contributed by atoms with Crippen LogP contribution in [0.25, 0.3) is 0 Å². The Labute approximate surface area is 106 Å². The van der Waals surface area contributed by atoms with Crippen molar-refractivity contribution in [2.24, 2.45) is 5.92 Å². The lowest BCUT2D eigenvalue weighted by molar-refractivity contribution is 0.468. The van der Waals surface area contributed by atoms with Crippen molar-refractivity contribution in [2.75, 3.05) is 6.54 Å². The molecule has 0 amide bonds. The van der Waals surface area contributed by atoms with Crippen LogP contribution in [0.15, 0.2) is 12.3 Å². The highest BCUT2D eigenvalue weighted by Crippen LogP contribution is 2.34. The van der Waals surface area contributed by atoms with Crippen LogP contribution in [-0.4, -0.2) is 17.6 Å². The molecule has 0 aromatic carbocycles. The van der Waals surface area contributed by atoms with Gasteiger partial charge in [0, 0.05) is 18.7 Å². The van der Waals surface area contributed by atoms with Crippen molar-refractivity contribution in [3.63, 3.8) is 0 Å². The number of halogens is 2. The topological polar surface area (TPSA) is 24.9 Å². The van der Waals surface area contributed by atoms with Gasteiger partial charge >= 0.3 is 0 Å². The predicted octanol–water partition coefficient (Wildman–Crippen LogP) is 3.32. The fourth-order valence-corrected chi connectivity index (χ4v) is 2.42. The Bertz CT molecular complexity index is 364. The molecule has 0 radical (unpaired) electrons. The summed E-state index contributed by atoms with van der Waals surface area (Å²) >= 11 is 12.0. The zero-order valence-electron chi connectivity index (χ0n) is 9.34. The second-order valence-electron chi connectivity index (χ2n) is 4.29. The van der Waals surface area contributed by atoms with E-state index < -0.39 is 0 Å². The molecule has 16 heavy (non-hydrogen) atoms. The molecular weight excluding hydrogens is 243 g/mol. The largest absolute Gasteiger partial charge is 0.314 e. The van der Waals surface area contributed by atoms with Crippen LogP contribution in [0.4, 0.5) is 0 Å². The van der Waals surface area contributed by atoms with Crippen LogP contribution in [0, 0.1) is 5.92 Å². The van der Waals surface area contributed by atoms with Gasteiger partial charge in [-0.1, -0.05) is 30.1 Å². The molecule has 1 unspecified atom stereocenters. The van der Waals surface area contributed by atoms with Gasteiger partial charge in [0.1, 0.15) is 0 Å². The van der Waals surface area contributed by atoms with Crippen LogP contribution in [0.3, 0.4) is 0 Å². The van der Waals surface area contributed by atoms with E-state index in [4.69, 9.17) is 23.2 Å². The Kier molecular flexibility index (Phi) is 4.06. The minimum absolute atomic E-state index is 0.510. The summed E-state index contributed by atoms with van der Waals surface area (Å²) in [6.45, 7) is 3.12. The summed E-state index contributed by atoms with van der Waals surface area (Å²) in [6.07, 6.45) is 5.21. The molecule has 1 fully saturated rings. The second-order valence-corrected chi connectivity index (χ2v) is 5.13. The van der Waals surface area contributed by atoms with Crippen molar-refractivity contribution in [3.05, 3.63) is 28.0 Å². The van der Waals surface area contributed by atoms with Gasteiger partial charge in [0.15, 0.2) is 0 Å². The quantitative estimate of drug-likeness (QED) is 0.877. The molecule has 1 atom stereocenters. The van der Waals surface area contributed by atoms with Crippen molar-refractivity contribution in [3.8, 4) is 0 Å². The summed E-state index contributed by atoms with van der Waals surface area (Å²) in [5.41, 5.74) is 0.948. The molecule has 88 valence electrons. The third-order valence-electron chi connectivity index (χ3n) is 2.95. The Morgan fingerprint density at radius 3 is 2.81 bits per heavy atom. The van der Waals surface area contributed by atoms with Crippen molar-refractivity contribution >= 4 is 23.2 Å². The van der Waals surface area contributed by atoms with Gasteiger partial charge in [-0.25, -0.2) is 0 Å². The molecule has 2 rings (SSSR count). The highest BCUT2D eigenvalue weighted by molar-refractivity contribution is 6.34. The van der Waals surface area contributed by atoms with Gasteiger partial charge < -0.3 is 5.32 Å². The third-order valence-corrected chi connectivity index (χ3v) is 3.49. The number of nitrogens with zero attached hydrogens (tertiary/aromatic N) is 1. The van der Waals surface area contributed by atoms with Gasteiger partial charge in [-0.15, -0.1) is 0 Å². The van der Waals surface area contributed by atoms with Gasteiger partial charge in [0.25, 0.3) is 0 Å². The van der Waals surface area contributed by atoms with E-state index in [1.54, 1.807) is 12.3 Å². The van der Waals surface area contributed by atoms with Crippen LogP contribution in [0.1, 0.15) is 25.5 Å². The minimum Gasteiger partial charge on any atom is -0.314 e. The first kappa shape index (κ1) is 12.2. The summed E-state index contributed by atoms with van der Waals surface area (Å²) in [5, 5.41) is 4.78. The molecule has 0 saturated heterocycles. The highest BCUT2D eigenvalue weighted by atomic mass is 35.5. The Balaban J connectivity index is 2.05. The maximum atomic E-state index is 6.12. The van der Waals surface area contributed by atoms with Crippen molar-refractivity contribution in [1.29, 1.82) is 0 Å². The number of hydrogen-bond acceptors (Lipinski definition) is 2. The average Bonchev–Trinajstić information content (AvgIpc) is 3.04. The number of pyridine rings is 1. The molecule has 1 aromatic heterocycles. The normalized spacial score (nSPS) is 17.4. The molecule has 2 nitrogen and oxygen atoms in total. The molecule has 1 aliphatic carbocycles. The first-order valence-corrected chi connectivity index (χ1v) is 6.49. The lowest BCUT2D eigenvalue weighted by Crippen LogP contribution is -2.33. The van der Waals surface area contributed by atoms with E-state index in [9.17, 15) is 0 Å². The maximum absolute atomic E-state index is 6.12. The van der Waals surface area contributed by atoms with Gasteiger partial charge in [-0.3, -0.25) is 4.98 Å². The molecule has 0 bridgehead atoms. The monoisotopic (exact) mass is 258 g/mol. The van der Waals surface area contributed by atoms with Crippen molar-refractivity contribution in [2.45, 2.75) is 32.2 Å². The fourth-order valence-electron chi connectivity index (χ4n) is 1.97. The molecule has 0 aliphatic heterocycles. The van der Waals surface area contributed by atoms with Crippen LogP contribution in [0.5, 0.6) is 0 Å². The van der Waals surface area contributed by atoms with E-state index in [-0.39, 0.29) is 0 Å². The lowest BCUT2D eigenvalue weighted by Gasteiger charge is -2.17. The smallest absolute Gasteiger partial charge is 0.0636 e. The molecule has 1 N–H and O–H groups in total. The van der Waals surface area contributed by atoms with Crippen molar-refractivity contribution < 1.29 is 0 Å². The number of likely N-dealkylation sites (N-methyl/N-ethyl adjacent to an activating group) is 1. The first-order chi connectivity index (χ1) is 7.70. The molecule has 1 aliphatic rings. The van der Waals surface area contributed by atoms with Crippen LogP contribution < -0.4 is 5.32 Å². The number of rotatable bonds is 5. The summed E-state index contributed by atoms with van der Waals surface area (Å²) in [5.74, 6) is 0.800.